The molecule has 0 amide bonds. The zero-order valence-electron chi connectivity index (χ0n) is 15.2. The summed E-state index contributed by atoms with van der Waals surface area (Å²) in [6.07, 6.45) is 3.43. The van der Waals surface area contributed by atoms with E-state index in [1.54, 1.807) is 31.6 Å². The van der Waals surface area contributed by atoms with Crippen molar-refractivity contribution in [3.8, 4) is 11.6 Å². The third kappa shape index (κ3) is 5.27. The molecule has 140 valence electrons. The fourth-order valence-electron chi connectivity index (χ4n) is 2.40. The van der Waals surface area contributed by atoms with Crippen LogP contribution in [0, 0.1) is 5.82 Å². The standard InChI is InChI=1S/C19H21FN6O/c1-21-19(24-13-16-8-10-25-26(16)2)23-12-14-7-9-22-18(11-14)27-17-5-3-15(20)4-6-17/h3-11H,12-13H2,1-2H3,(H2,21,23,24). The summed E-state index contributed by atoms with van der Waals surface area (Å²) in [6, 6.07) is 11.5. The summed E-state index contributed by atoms with van der Waals surface area (Å²) in [5, 5.41) is 10.6. The number of rotatable bonds is 6. The molecule has 0 aliphatic heterocycles. The number of nitrogens with zero attached hydrogens (tertiary/aromatic N) is 4. The highest BCUT2D eigenvalue weighted by molar-refractivity contribution is 5.79. The average Bonchev–Trinajstić information content (AvgIpc) is 3.09. The van der Waals surface area contributed by atoms with Crippen molar-refractivity contribution in [2.75, 3.05) is 7.05 Å². The normalized spacial score (nSPS) is 11.3. The molecular formula is C19H21FN6O. The van der Waals surface area contributed by atoms with Crippen molar-refractivity contribution >= 4 is 5.96 Å². The van der Waals surface area contributed by atoms with Crippen molar-refractivity contribution in [2.24, 2.45) is 12.0 Å². The molecule has 1 aromatic carbocycles. The minimum absolute atomic E-state index is 0.307. The Morgan fingerprint density at radius 1 is 1.11 bits per heavy atom. The minimum atomic E-state index is -0.307. The van der Waals surface area contributed by atoms with Gasteiger partial charge in [-0.15, -0.1) is 0 Å². The van der Waals surface area contributed by atoms with Gasteiger partial charge in [0.2, 0.25) is 5.88 Å². The predicted octanol–water partition coefficient (Wildman–Crippen LogP) is 2.61. The summed E-state index contributed by atoms with van der Waals surface area (Å²) < 4.78 is 20.4. The summed E-state index contributed by atoms with van der Waals surface area (Å²) in [5.41, 5.74) is 2.03. The van der Waals surface area contributed by atoms with E-state index >= 15 is 0 Å². The number of pyridine rings is 1. The fraction of sp³-hybridized carbons (Fsp3) is 0.211. The van der Waals surface area contributed by atoms with Gasteiger partial charge >= 0.3 is 0 Å². The Labute approximate surface area is 156 Å². The lowest BCUT2D eigenvalue weighted by Crippen LogP contribution is -2.36. The van der Waals surface area contributed by atoms with Crippen LogP contribution in [0.3, 0.4) is 0 Å². The van der Waals surface area contributed by atoms with Crippen LogP contribution in [0.5, 0.6) is 11.6 Å². The Morgan fingerprint density at radius 2 is 1.89 bits per heavy atom. The summed E-state index contributed by atoms with van der Waals surface area (Å²) in [4.78, 5) is 8.40. The third-order valence-electron chi connectivity index (χ3n) is 3.88. The number of aliphatic imine (C=N–C) groups is 1. The van der Waals surface area contributed by atoms with Gasteiger partial charge in [0, 0.05) is 39.1 Å². The lowest BCUT2D eigenvalue weighted by Gasteiger charge is -2.12. The molecule has 0 saturated carbocycles. The lowest BCUT2D eigenvalue weighted by atomic mass is 10.2. The van der Waals surface area contributed by atoms with Gasteiger partial charge in [-0.2, -0.15) is 5.10 Å². The number of benzene rings is 1. The molecule has 3 aromatic rings. The first kappa shape index (κ1) is 18.4. The molecule has 0 atom stereocenters. The highest BCUT2D eigenvalue weighted by atomic mass is 19.1. The molecule has 0 radical (unpaired) electrons. The van der Waals surface area contributed by atoms with E-state index in [1.165, 1.54) is 12.1 Å². The minimum Gasteiger partial charge on any atom is -0.439 e. The van der Waals surface area contributed by atoms with Crippen molar-refractivity contribution in [1.29, 1.82) is 0 Å². The second kappa shape index (κ2) is 8.79. The van der Waals surface area contributed by atoms with Crippen molar-refractivity contribution in [3.05, 3.63) is 71.9 Å². The lowest BCUT2D eigenvalue weighted by molar-refractivity contribution is 0.460. The maximum absolute atomic E-state index is 13.0. The molecule has 3 rings (SSSR count). The van der Waals surface area contributed by atoms with Crippen molar-refractivity contribution < 1.29 is 9.13 Å². The predicted molar refractivity (Wildman–Crippen MR) is 101 cm³/mol. The van der Waals surface area contributed by atoms with E-state index in [1.807, 2.05) is 29.9 Å². The van der Waals surface area contributed by atoms with E-state index < -0.39 is 0 Å². The number of hydrogen-bond donors (Lipinski definition) is 2. The first-order valence-electron chi connectivity index (χ1n) is 8.44. The molecule has 27 heavy (non-hydrogen) atoms. The molecule has 0 bridgehead atoms. The molecule has 2 heterocycles. The first-order chi connectivity index (χ1) is 13.1. The van der Waals surface area contributed by atoms with Crippen molar-refractivity contribution in [2.45, 2.75) is 13.1 Å². The Balaban J connectivity index is 1.55. The van der Waals surface area contributed by atoms with Gasteiger partial charge in [-0.25, -0.2) is 9.37 Å². The summed E-state index contributed by atoms with van der Waals surface area (Å²) in [7, 11) is 3.61. The molecule has 2 N–H and O–H groups in total. The smallest absolute Gasteiger partial charge is 0.219 e. The molecule has 0 aliphatic carbocycles. The average molecular weight is 368 g/mol. The van der Waals surface area contributed by atoms with Crippen molar-refractivity contribution in [3.63, 3.8) is 0 Å². The van der Waals surface area contributed by atoms with Gasteiger partial charge in [-0.05, 0) is 42.0 Å². The van der Waals surface area contributed by atoms with Crippen LogP contribution in [0.2, 0.25) is 0 Å². The number of guanidine groups is 1. The Bertz CT molecular complexity index is 907. The maximum atomic E-state index is 13.0. The number of hydrogen-bond acceptors (Lipinski definition) is 4. The summed E-state index contributed by atoms with van der Waals surface area (Å²) in [6.45, 7) is 1.17. The van der Waals surface area contributed by atoms with Crippen LogP contribution < -0.4 is 15.4 Å². The van der Waals surface area contributed by atoms with Crippen LogP contribution in [-0.4, -0.2) is 27.8 Å². The van der Waals surface area contributed by atoms with E-state index in [0.717, 1.165) is 11.3 Å². The number of ether oxygens (including phenoxy) is 1. The van der Waals surface area contributed by atoms with Gasteiger partial charge < -0.3 is 15.4 Å². The van der Waals surface area contributed by atoms with Gasteiger partial charge in [0.15, 0.2) is 5.96 Å². The highest BCUT2D eigenvalue weighted by Gasteiger charge is 2.04. The second-order valence-electron chi connectivity index (χ2n) is 5.78. The van der Waals surface area contributed by atoms with Crippen LogP contribution in [-0.2, 0) is 20.1 Å². The number of nitrogens with one attached hydrogen (secondary N) is 2. The molecule has 2 aromatic heterocycles. The van der Waals surface area contributed by atoms with Gasteiger partial charge in [-0.1, -0.05) is 0 Å². The van der Waals surface area contributed by atoms with Crippen LogP contribution in [0.25, 0.3) is 0 Å². The quantitative estimate of drug-likeness (QED) is 0.517. The fourth-order valence-corrected chi connectivity index (χ4v) is 2.40. The first-order valence-corrected chi connectivity index (χ1v) is 8.44. The maximum Gasteiger partial charge on any atom is 0.219 e. The monoisotopic (exact) mass is 368 g/mol. The molecule has 0 fully saturated rings. The molecule has 0 spiro atoms. The van der Waals surface area contributed by atoms with E-state index in [2.05, 4.69) is 25.7 Å². The highest BCUT2D eigenvalue weighted by Crippen LogP contribution is 2.20. The van der Waals surface area contributed by atoms with E-state index in [-0.39, 0.29) is 5.82 Å². The number of aromatic nitrogens is 3. The van der Waals surface area contributed by atoms with Crippen molar-refractivity contribution in [1.82, 2.24) is 25.4 Å². The SMILES string of the molecule is CN=C(NCc1ccnc(Oc2ccc(F)cc2)c1)NCc1ccnn1C. The third-order valence-corrected chi connectivity index (χ3v) is 3.88. The topological polar surface area (TPSA) is 76.4 Å². The Kier molecular flexibility index (Phi) is 5.98. The summed E-state index contributed by atoms with van der Waals surface area (Å²) in [5.74, 6) is 1.34. The Morgan fingerprint density at radius 3 is 2.59 bits per heavy atom. The number of aryl methyl sites for hydroxylation is 1. The van der Waals surface area contributed by atoms with Crippen LogP contribution >= 0.6 is 0 Å². The Hall–Kier alpha value is -3.42. The van der Waals surface area contributed by atoms with E-state index in [4.69, 9.17) is 4.74 Å². The molecule has 7 nitrogen and oxygen atoms in total. The van der Waals surface area contributed by atoms with Crippen LogP contribution in [0.15, 0.2) is 59.9 Å². The van der Waals surface area contributed by atoms with Crippen LogP contribution in [0.4, 0.5) is 4.39 Å². The molecule has 0 aliphatic rings. The summed E-state index contributed by atoms with van der Waals surface area (Å²) >= 11 is 0. The second-order valence-corrected chi connectivity index (χ2v) is 5.78. The molecular weight excluding hydrogens is 347 g/mol. The van der Waals surface area contributed by atoms with Crippen LogP contribution in [0.1, 0.15) is 11.3 Å². The number of halogens is 1. The van der Waals surface area contributed by atoms with Gasteiger partial charge in [0.05, 0.1) is 12.2 Å². The van der Waals surface area contributed by atoms with Gasteiger partial charge in [0.1, 0.15) is 11.6 Å². The molecule has 0 unspecified atom stereocenters. The zero-order chi connectivity index (χ0) is 19.1. The van der Waals surface area contributed by atoms with E-state index in [9.17, 15) is 4.39 Å². The van der Waals surface area contributed by atoms with Gasteiger partial charge in [0.25, 0.3) is 0 Å². The largest absolute Gasteiger partial charge is 0.439 e. The zero-order valence-corrected chi connectivity index (χ0v) is 15.2. The van der Waals surface area contributed by atoms with E-state index in [0.29, 0.717) is 30.7 Å². The van der Waals surface area contributed by atoms with Gasteiger partial charge in [-0.3, -0.25) is 9.67 Å². The molecule has 0 saturated heterocycles. The molecule has 8 heteroatoms.